The van der Waals surface area contributed by atoms with E-state index in [2.05, 4.69) is 4.72 Å². The van der Waals surface area contributed by atoms with E-state index in [1.807, 2.05) is 0 Å². The van der Waals surface area contributed by atoms with Gasteiger partial charge in [-0.1, -0.05) is 18.9 Å². The van der Waals surface area contributed by atoms with Crippen molar-refractivity contribution in [3.05, 3.63) is 23.8 Å². The van der Waals surface area contributed by atoms with Crippen molar-refractivity contribution in [3.63, 3.8) is 0 Å². The number of benzene rings is 1. The van der Waals surface area contributed by atoms with Crippen LogP contribution in [0.3, 0.4) is 0 Å². The zero-order valence-electron chi connectivity index (χ0n) is 14.9. The standard InChI is InChI=1S/C16H26N2O5S2/c1-13-8-9-15(23-2)16(12-13)25(21,22)17-10-11-18(24(3,19)20)14-6-4-5-7-14/h8-9,12,14,17H,4-7,10-11H2,1-3H3. The van der Waals surface area contributed by atoms with Crippen molar-refractivity contribution in [1.29, 1.82) is 0 Å². The predicted octanol–water partition coefficient (Wildman–Crippen LogP) is 1.49. The van der Waals surface area contributed by atoms with Gasteiger partial charge in [0.1, 0.15) is 10.6 Å². The van der Waals surface area contributed by atoms with E-state index in [1.165, 1.54) is 23.7 Å². The van der Waals surface area contributed by atoms with Gasteiger partial charge in [-0.3, -0.25) is 0 Å². The van der Waals surface area contributed by atoms with E-state index < -0.39 is 20.0 Å². The summed E-state index contributed by atoms with van der Waals surface area (Å²) in [5.74, 6) is 0.258. The molecule has 0 saturated heterocycles. The fourth-order valence-electron chi connectivity index (χ4n) is 3.17. The van der Waals surface area contributed by atoms with E-state index in [0.29, 0.717) is 0 Å². The van der Waals surface area contributed by atoms with Crippen LogP contribution in [0, 0.1) is 6.92 Å². The van der Waals surface area contributed by atoms with Crippen LogP contribution < -0.4 is 9.46 Å². The number of hydrogen-bond donors (Lipinski definition) is 1. The molecule has 9 heteroatoms. The van der Waals surface area contributed by atoms with Gasteiger partial charge in [-0.15, -0.1) is 0 Å². The molecule has 1 saturated carbocycles. The first-order chi connectivity index (χ1) is 11.6. The largest absolute Gasteiger partial charge is 0.495 e. The number of nitrogens with one attached hydrogen (secondary N) is 1. The van der Waals surface area contributed by atoms with Gasteiger partial charge in [0.05, 0.1) is 13.4 Å². The van der Waals surface area contributed by atoms with Crippen molar-refractivity contribution >= 4 is 20.0 Å². The topological polar surface area (TPSA) is 92.8 Å². The summed E-state index contributed by atoms with van der Waals surface area (Å²) in [4.78, 5) is 0.0572. The number of methoxy groups -OCH3 is 1. The SMILES string of the molecule is COc1ccc(C)cc1S(=O)(=O)NCCN(C1CCCC1)S(C)(=O)=O. The molecule has 0 unspecified atom stereocenters. The molecule has 0 amide bonds. The van der Waals surface area contributed by atoms with E-state index in [4.69, 9.17) is 4.74 Å². The third-order valence-corrected chi connectivity index (χ3v) is 7.21. The Hall–Kier alpha value is -1.16. The molecule has 0 atom stereocenters. The maximum Gasteiger partial charge on any atom is 0.244 e. The van der Waals surface area contributed by atoms with Crippen LogP contribution in [0.1, 0.15) is 31.2 Å². The van der Waals surface area contributed by atoms with Crippen molar-refractivity contribution in [2.24, 2.45) is 0 Å². The van der Waals surface area contributed by atoms with Gasteiger partial charge in [0.25, 0.3) is 0 Å². The Bertz CT molecular complexity index is 800. The molecule has 1 aromatic rings. The van der Waals surface area contributed by atoms with E-state index in [1.54, 1.807) is 19.1 Å². The average molecular weight is 391 g/mol. The van der Waals surface area contributed by atoms with Gasteiger partial charge in [0.15, 0.2) is 0 Å². The van der Waals surface area contributed by atoms with E-state index in [-0.39, 0.29) is 29.8 Å². The Morgan fingerprint density at radius 2 is 1.84 bits per heavy atom. The molecule has 25 heavy (non-hydrogen) atoms. The highest BCUT2D eigenvalue weighted by molar-refractivity contribution is 7.89. The summed E-state index contributed by atoms with van der Waals surface area (Å²) in [5.41, 5.74) is 0.796. The molecule has 1 aliphatic carbocycles. The van der Waals surface area contributed by atoms with Gasteiger partial charge in [0.2, 0.25) is 20.0 Å². The van der Waals surface area contributed by atoms with E-state index >= 15 is 0 Å². The average Bonchev–Trinajstić information content (AvgIpc) is 3.04. The maximum atomic E-state index is 12.6. The Morgan fingerprint density at radius 1 is 1.20 bits per heavy atom. The Morgan fingerprint density at radius 3 is 2.40 bits per heavy atom. The number of sulfonamides is 2. The molecule has 0 heterocycles. The molecule has 1 N–H and O–H groups in total. The second kappa shape index (κ2) is 8.03. The van der Waals surface area contributed by atoms with Gasteiger partial charge in [-0.25, -0.2) is 21.6 Å². The first-order valence-electron chi connectivity index (χ1n) is 8.26. The Balaban J connectivity index is 2.10. The van der Waals surface area contributed by atoms with Crippen LogP contribution in [0.25, 0.3) is 0 Å². The third-order valence-electron chi connectivity index (χ3n) is 4.39. The highest BCUT2D eigenvalue weighted by Gasteiger charge is 2.29. The molecule has 2 rings (SSSR count). The molecule has 142 valence electrons. The van der Waals surface area contributed by atoms with Crippen molar-refractivity contribution in [3.8, 4) is 5.75 Å². The lowest BCUT2D eigenvalue weighted by Gasteiger charge is -2.26. The molecular formula is C16H26N2O5S2. The summed E-state index contributed by atoms with van der Waals surface area (Å²) in [7, 11) is -5.75. The van der Waals surface area contributed by atoms with Crippen LogP contribution in [-0.4, -0.2) is 53.6 Å². The van der Waals surface area contributed by atoms with Gasteiger partial charge >= 0.3 is 0 Å². The molecule has 7 nitrogen and oxygen atoms in total. The first kappa shape index (κ1) is 20.2. The quantitative estimate of drug-likeness (QED) is 0.726. The molecule has 0 spiro atoms. The lowest BCUT2D eigenvalue weighted by molar-refractivity contribution is 0.328. The van der Waals surface area contributed by atoms with Gasteiger partial charge in [-0.05, 0) is 37.5 Å². The summed E-state index contributed by atoms with van der Waals surface area (Å²) in [6, 6.07) is 4.87. The lowest BCUT2D eigenvalue weighted by Crippen LogP contribution is -2.43. The maximum absolute atomic E-state index is 12.6. The summed E-state index contributed by atoms with van der Waals surface area (Å²) < 4.78 is 58.2. The number of hydrogen-bond acceptors (Lipinski definition) is 5. The fourth-order valence-corrected chi connectivity index (χ4v) is 5.62. The highest BCUT2D eigenvalue weighted by atomic mass is 32.2. The van der Waals surface area contributed by atoms with Gasteiger partial charge < -0.3 is 4.74 Å². The molecule has 0 aliphatic heterocycles. The van der Waals surface area contributed by atoms with E-state index in [9.17, 15) is 16.8 Å². The zero-order valence-corrected chi connectivity index (χ0v) is 16.5. The van der Waals surface area contributed by atoms with Crippen molar-refractivity contribution in [1.82, 2.24) is 9.03 Å². The molecule has 0 radical (unpaired) electrons. The minimum absolute atomic E-state index is 0.0169. The van der Waals surface area contributed by atoms with Crippen molar-refractivity contribution in [2.75, 3.05) is 26.5 Å². The number of nitrogens with zero attached hydrogens (tertiary/aromatic N) is 1. The minimum atomic E-state index is -3.79. The van der Waals surface area contributed by atoms with Crippen LogP contribution in [0.4, 0.5) is 0 Å². The summed E-state index contributed by atoms with van der Waals surface area (Å²) in [5, 5.41) is 0. The van der Waals surface area contributed by atoms with Crippen LogP contribution in [0.5, 0.6) is 5.75 Å². The summed E-state index contributed by atoms with van der Waals surface area (Å²) in [6.07, 6.45) is 4.83. The van der Waals surface area contributed by atoms with Crippen molar-refractivity contribution in [2.45, 2.75) is 43.5 Å². The van der Waals surface area contributed by atoms with Gasteiger partial charge in [-0.2, -0.15) is 4.31 Å². The second-order valence-electron chi connectivity index (χ2n) is 6.36. The van der Waals surface area contributed by atoms with Crippen LogP contribution in [-0.2, 0) is 20.0 Å². The lowest BCUT2D eigenvalue weighted by atomic mass is 10.2. The third kappa shape index (κ3) is 5.16. The number of ether oxygens (including phenoxy) is 1. The van der Waals surface area contributed by atoms with E-state index in [0.717, 1.165) is 31.2 Å². The Kier molecular flexibility index (Phi) is 6.47. The zero-order chi connectivity index (χ0) is 18.7. The monoisotopic (exact) mass is 390 g/mol. The smallest absolute Gasteiger partial charge is 0.244 e. The molecular weight excluding hydrogens is 364 g/mol. The normalized spacial score (nSPS) is 16.5. The highest BCUT2D eigenvalue weighted by Crippen LogP contribution is 2.26. The molecule has 1 aliphatic rings. The summed E-state index contributed by atoms with van der Waals surface area (Å²) >= 11 is 0. The van der Waals surface area contributed by atoms with Gasteiger partial charge in [0, 0.05) is 19.1 Å². The molecule has 0 aromatic heterocycles. The minimum Gasteiger partial charge on any atom is -0.495 e. The summed E-state index contributed by atoms with van der Waals surface area (Å²) in [6.45, 7) is 1.93. The molecule has 1 aromatic carbocycles. The molecule has 1 fully saturated rings. The van der Waals surface area contributed by atoms with Crippen LogP contribution in [0.2, 0.25) is 0 Å². The van der Waals surface area contributed by atoms with Crippen LogP contribution in [0.15, 0.2) is 23.1 Å². The first-order valence-corrected chi connectivity index (χ1v) is 11.6. The Labute approximate surface area is 150 Å². The van der Waals surface area contributed by atoms with Crippen LogP contribution >= 0.6 is 0 Å². The predicted molar refractivity (Wildman–Crippen MR) is 96.7 cm³/mol. The number of aryl methyl sites for hydroxylation is 1. The van der Waals surface area contributed by atoms with Crippen molar-refractivity contribution < 1.29 is 21.6 Å². The second-order valence-corrected chi connectivity index (χ2v) is 10.0. The number of rotatable bonds is 8. The fraction of sp³-hybridized carbons (Fsp3) is 0.625. The molecule has 0 bridgehead atoms.